The zero-order chi connectivity index (χ0) is 23.2. The number of carbonyl (C=O) groups excluding carboxylic acids is 1. The predicted octanol–water partition coefficient (Wildman–Crippen LogP) is 4.57. The van der Waals surface area contributed by atoms with Gasteiger partial charge in [-0.3, -0.25) is 9.69 Å². The molecule has 6 nitrogen and oxygen atoms in total. The van der Waals surface area contributed by atoms with Gasteiger partial charge in [0, 0.05) is 37.1 Å². The second kappa shape index (κ2) is 10.9. The Morgan fingerprint density at radius 3 is 2.48 bits per heavy atom. The minimum absolute atomic E-state index is 0.0971. The van der Waals surface area contributed by atoms with E-state index in [4.69, 9.17) is 9.47 Å². The molecule has 1 aromatic heterocycles. The molecule has 174 valence electrons. The lowest BCUT2D eigenvalue weighted by Gasteiger charge is -2.35. The maximum absolute atomic E-state index is 12.7. The van der Waals surface area contributed by atoms with E-state index < -0.39 is 0 Å². The molecule has 0 bridgehead atoms. The molecule has 33 heavy (non-hydrogen) atoms. The fraction of sp³-hybridized carbons (Fsp3) is 0.385. The van der Waals surface area contributed by atoms with E-state index in [2.05, 4.69) is 47.2 Å². The molecular formula is C26H31N3O3S. The number of hydrogen-bond donors (Lipinski definition) is 1. The van der Waals surface area contributed by atoms with Crippen LogP contribution >= 0.6 is 11.3 Å². The van der Waals surface area contributed by atoms with Crippen LogP contribution in [0, 0.1) is 6.92 Å². The number of benzene rings is 2. The monoisotopic (exact) mass is 465 g/mol. The van der Waals surface area contributed by atoms with Crippen molar-refractivity contribution in [3.8, 4) is 5.75 Å². The summed E-state index contributed by atoms with van der Waals surface area (Å²) in [5, 5.41) is 6.08. The summed E-state index contributed by atoms with van der Waals surface area (Å²) in [6, 6.07) is 15.5. The first kappa shape index (κ1) is 23.4. The fourth-order valence-electron chi connectivity index (χ4n) is 4.15. The Morgan fingerprint density at radius 2 is 1.82 bits per heavy atom. The van der Waals surface area contributed by atoms with Crippen LogP contribution in [-0.4, -0.2) is 41.1 Å². The summed E-state index contributed by atoms with van der Waals surface area (Å²) in [7, 11) is 0. The Hall–Kier alpha value is -2.74. The maximum atomic E-state index is 12.7. The van der Waals surface area contributed by atoms with Gasteiger partial charge in [0.15, 0.2) is 0 Å². The zero-order valence-electron chi connectivity index (χ0n) is 19.4. The SMILES string of the molecule is Cc1nc(COc2ccc(C(=O)NCc3ccccc3CN3CC(C)OC(C)C3)cc2)cs1. The highest BCUT2D eigenvalue weighted by atomic mass is 32.1. The van der Waals surface area contributed by atoms with Crippen LogP contribution in [0.25, 0.3) is 0 Å². The molecule has 0 saturated carbocycles. The largest absolute Gasteiger partial charge is 0.487 e. The lowest BCUT2D eigenvalue weighted by molar-refractivity contribution is -0.0705. The Labute approximate surface area is 199 Å². The van der Waals surface area contributed by atoms with Crippen LogP contribution in [-0.2, 0) is 24.4 Å². The minimum Gasteiger partial charge on any atom is -0.487 e. The van der Waals surface area contributed by atoms with Crippen LogP contribution in [0.3, 0.4) is 0 Å². The molecule has 2 heterocycles. The van der Waals surface area contributed by atoms with Gasteiger partial charge in [-0.2, -0.15) is 0 Å². The second-order valence-electron chi connectivity index (χ2n) is 8.57. The number of nitrogens with one attached hydrogen (secondary N) is 1. The quantitative estimate of drug-likeness (QED) is 0.528. The van der Waals surface area contributed by atoms with Gasteiger partial charge in [-0.1, -0.05) is 24.3 Å². The van der Waals surface area contributed by atoms with Crippen LogP contribution in [0.5, 0.6) is 5.75 Å². The van der Waals surface area contributed by atoms with E-state index in [1.165, 1.54) is 5.56 Å². The van der Waals surface area contributed by atoms with Crippen molar-refractivity contribution in [3.05, 3.63) is 81.3 Å². The molecule has 1 fully saturated rings. The highest BCUT2D eigenvalue weighted by molar-refractivity contribution is 7.09. The summed E-state index contributed by atoms with van der Waals surface area (Å²) in [6.07, 6.45) is 0.469. The van der Waals surface area contributed by atoms with Gasteiger partial charge in [-0.15, -0.1) is 11.3 Å². The fourth-order valence-corrected chi connectivity index (χ4v) is 4.75. The second-order valence-corrected chi connectivity index (χ2v) is 9.64. The van der Waals surface area contributed by atoms with Crippen molar-refractivity contribution in [2.45, 2.75) is 52.7 Å². The molecule has 1 N–H and O–H groups in total. The molecule has 0 spiro atoms. The molecule has 2 atom stereocenters. The highest BCUT2D eigenvalue weighted by Gasteiger charge is 2.22. The van der Waals surface area contributed by atoms with Crippen LogP contribution in [0.1, 0.15) is 46.0 Å². The molecule has 2 aromatic carbocycles. The molecule has 3 aromatic rings. The Kier molecular flexibility index (Phi) is 7.75. The summed E-state index contributed by atoms with van der Waals surface area (Å²) in [5.74, 6) is 0.622. The summed E-state index contributed by atoms with van der Waals surface area (Å²) >= 11 is 1.61. The highest BCUT2D eigenvalue weighted by Crippen LogP contribution is 2.18. The first-order valence-corrected chi connectivity index (χ1v) is 12.2. The molecule has 0 aliphatic carbocycles. The van der Waals surface area contributed by atoms with Crippen LogP contribution in [0.2, 0.25) is 0 Å². The van der Waals surface area contributed by atoms with E-state index in [0.29, 0.717) is 18.7 Å². The number of hydrogen-bond acceptors (Lipinski definition) is 6. The number of thiazole rings is 1. The predicted molar refractivity (Wildman–Crippen MR) is 131 cm³/mol. The van der Waals surface area contributed by atoms with E-state index in [1.807, 2.05) is 30.5 Å². The third-order valence-corrected chi connectivity index (χ3v) is 6.44. The first-order chi connectivity index (χ1) is 16.0. The number of aromatic nitrogens is 1. The zero-order valence-corrected chi connectivity index (χ0v) is 20.2. The third kappa shape index (κ3) is 6.63. The van der Waals surface area contributed by atoms with E-state index in [1.54, 1.807) is 23.5 Å². The molecule has 7 heteroatoms. The Morgan fingerprint density at radius 1 is 1.12 bits per heavy atom. The summed E-state index contributed by atoms with van der Waals surface area (Å²) in [6.45, 7) is 9.82. The Balaban J connectivity index is 1.31. The topological polar surface area (TPSA) is 63.7 Å². The van der Waals surface area contributed by atoms with E-state index in [-0.39, 0.29) is 18.1 Å². The number of ether oxygens (including phenoxy) is 2. The van der Waals surface area contributed by atoms with Gasteiger partial charge >= 0.3 is 0 Å². The molecule has 2 unspecified atom stereocenters. The maximum Gasteiger partial charge on any atom is 0.251 e. The van der Waals surface area contributed by atoms with Crippen molar-refractivity contribution in [1.82, 2.24) is 15.2 Å². The molecule has 1 amide bonds. The lowest BCUT2D eigenvalue weighted by atomic mass is 10.1. The number of nitrogens with zero attached hydrogens (tertiary/aromatic N) is 2. The molecule has 4 rings (SSSR count). The number of amides is 1. The lowest BCUT2D eigenvalue weighted by Crippen LogP contribution is -2.45. The van der Waals surface area contributed by atoms with Gasteiger partial charge in [0.2, 0.25) is 0 Å². The van der Waals surface area contributed by atoms with Crippen molar-refractivity contribution < 1.29 is 14.3 Å². The van der Waals surface area contributed by atoms with E-state index in [9.17, 15) is 4.79 Å². The van der Waals surface area contributed by atoms with Crippen LogP contribution in [0.15, 0.2) is 53.9 Å². The van der Waals surface area contributed by atoms with Crippen molar-refractivity contribution in [1.29, 1.82) is 0 Å². The van der Waals surface area contributed by atoms with Gasteiger partial charge < -0.3 is 14.8 Å². The Bertz CT molecular complexity index is 1060. The molecule has 0 radical (unpaired) electrons. The third-order valence-electron chi connectivity index (χ3n) is 5.62. The van der Waals surface area contributed by atoms with Crippen molar-refractivity contribution in [3.63, 3.8) is 0 Å². The standard InChI is InChI=1S/C26H31N3O3S/c1-18-13-29(14-19(2)32-18)15-23-7-5-4-6-22(23)12-27-26(30)21-8-10-25(11-9-21)31-16-24-17-33-20(3)28-24/h4-11,17-19H,12-16H2,1-3H3,(H,27,30). The molecule has 1 aliphatic heterocycles. The van der Waals surface area contributed by atoms with Gasteiger partial charge in [0.1, 0.15) is 12.4 Å². The molecule has 1 aliphatic rings. The van der Waals surface area contributed by atoms with Crippen LogP contribution in [0.4, 0.5) is 0 Å². The first-order valence-electron chi connectivity index (χ1n) is 11.3. The number of rotatable bonds is 8. The number of aryl methyl sites for hydroxylation is 1. The summed E-state index contributed by atoms with van der Waals surface area (Å²) in [4.78, 5) is 19.5. The summed E-state index contributed by atoms with van der Waals surface area (Å²) in [5.41, 5.74) is 3.90. The van der Waals surface area contributed by atoms with Gasteiger partial charge in [0.25, 0.3) is 5.91 Å². The van der Waals surface area contributed by atoms with Crippen molar-refractivity contribution >= 4 is 17.2 Å². The normalized spacial score (nSPS) is 18.8. The molecular weight excluding hydrogens is 434 g/mol. The van der Waals surface area contributed by atoms with Gasteiger partial charge in [-0.25, -0.2) is 4.98 Å². The average molecular weight is 466 g/mol. The number of carbonyl (C=O) groups is 1. The molecule has 1 saturated heterocycles. The minimum atomic E-state index is -0.0971. The van der Waals surface area contributed by atoms with Crippen molar-refractivity contribution in [2.75, 3.05) is 13.1 Å². The smallest absolute Gasteiger partial charge is 0.251 e. The van der Waals surface area contributed by atoms with E-state index >= 15 is 0 Å². The van der Waals surface area contributed by atoms with Crippen LogP contribution < -0.4 is 10.1 Å². The van der Waals surface area contributed by atoms with Gasteiger partial charge in [0.05, 0.1) is 22.9 Å². The summed E-state index contributed by atoms with van der Waals surface area (Å²) < 4.78 is 11.6. The van der Waals surface area contributed by atoms with Gasteiger partial charge in [-0.05, 0) is 56.2 Å². The van der Waals surface area contributed by atoms with Crippen molar-refractivity contribution in [2.24, 2.45) is 0 Å². The van der Waals surface area contributed by atoms with E-state index in [0.717, 1.165) is 41.6 Å². The number of morpholine rings is 1. The average Bonchev–Trinajstić information content (AvgIpc) is 3.21.